The zero-order chi connectivity index (χ0) is 8.55. The van der Waals surface area contributed by atoms with Crippen molar-refractivity contribution in [3.05, 3.63) is 42.0 Å². The third-order valence-electron chi connectivity index (χ3n) is 1.64. The van der Waals surface area contributed by atoms with Gasteiger partial charge >= 0.3 is 0 Å². The molecule has 0 aliphatic rings. The molecule has 0 aliphatic carbocycles. The number of hydrogen-bond donors (Lipinski definition) is 0. The maximum atomic E-state index is 12.7. The van der Waals surface area contributed by atoms with Gasteiger partial charge in [0.1, 0.15) is 5.82 Å². The standard InChI is InChI=1S/C9H6FN2/c10-7-1-2-9-6(3-7)4-8(11)5-12-9/h1-5,11H/q-1. The molecule has 0 radical (unpaired) electrons. The van der Waals surface area contributed by atoms with Crippen molar-refractivity contribution in [2.24, 2.45) is 0 Å². The van der Waals surface area contributed by atoms with Crippen LogP contribution in [0.5, 0.6) is 0 Å². The van der Waals surface area contributed by atoms with Crippen LogP contribution in [-0.4, -0.2) is 4.98 Å². The fourth-order valence-electron chi connectivity index (χ4n) is 1.10. The van der Waals surface area contributed by atoms with Crippen LogP contribution in [0.25, 0.3) is 16.6 Å². The van der Waals surface area contributed by atoms with E-state index in [2.05, 4.69) is 4.98 Å². The fourth-order valence-corrected chi connectivity index (χ4v) is 1.10. The van der Waals surface area contributed by atoms with Crippen molar-refractivity contribution < 1.29 is 4.39 Å². The van der Waals surface area contributed by atoms with Gasteiger partial charge in [-0.2, -0.15) is 0 Å². The maximum Gasteiger partial charge on any atom is 0.123 e. The highest BCUT2D eigenvalue weighted by Crippen LogP contribution is 2.18. The predicted molar refractivity (Wildman–Crippen MR) is 45.7 cm³/mol. The molecule has 2 rings (SSSR count). The molecule has 12 heavy (non-hydrogen) atoms. The Bertz CT molecular complexity index is 389. The van der Waals surface area contributed by atoms with Crippen LogP contribution >= 0.6 is 0 Å². The van der Waals surface area contributed by atoms with Crippen molar-refractivity contribution in [1.82, 2.24) is 4.98 Å². The minimum absolute atomic E-state index is 0.296. The van der Waals surface area contributed by atoms with Crippen LogP contribution in [0.4, 0.5) is 10.1 Å². The lowest BCUT2D eigenvalue weighted by molar-refractivity contribution is 0.629. The van der Waals surface area contributed by atoms with Gasteiger partial charge in [-0.1, -0.05) is 6.07 Å². The van der Waals surface area contributed by atoms with E-state index in [0.717, 1.165) is 0 Å². The number of nitrogens with zero attached hydrogens (tertiary/aromatic N) is 1. The van der Waals surface area contributed by atoms with Crippen molar-refractivity contribution in [2.45, 2.75) is 0 Å². The zero-order valence-electron chi connectivity index (χ0n) is 6.21. The van der Waals surface area contributed by atoms with E-state index in [1.54, 1.807) is 12.1 Å². The summed E-state index contributed by atoms with van der Waals surface area (Å²) < 4.78 is 12.7. The Hall–Kier alpha value is -1.64. The van der Waals surface area contributed by atoms with Crippen molar-refractivity contribution >= 4 is 16.6 Å². The Morgan fingerprint density at radius 3 is 2.92 bits per heavy atom. The average molecular weight is 161 g/mol. The molecule has 1 aromatic heterocycles. The average Bonchev–Trinajstić information content (AvgIpc) is 2.03. The smallest absolute Gasteiger partial charge is 0.123 e. The molecular weight excluding hydrogens is 155 g/mol. The summed E-state index contributed by atoms with van der Waals surface area (Å²) in [6.07, 6.45) is 1.44. The van der Waals surface area contributed by atoms with Gasteiger partial charge in [0.2, 0.25) is 0 Å². The first-order chi connectivity index (χ1) is 5.75. The van der Waals surface area contributed by atoms with Gasteiger partial charge in [-0.15, -0.1) is 5.69 Å². The van der Waals surface area contributed by atoms with E-state index in [9.17, 15) is 4.39 Å². The fraction of sp³-hybridized carbons (Fsp3) is 0. The molecule has 0 saturated heterocycles. The molecule has 1 N–H and O–H groups in total. The first-order valence-electron chi connectivity index (χ1n) is 3.52. The van der Waals surface area contributed by atoms with Crippen LogP contribution in [0, 0.1) is 5.82 Å². The predicted octanol–water partition coefficient (Wildman–Crippen LogP) is 3.06. The molecule has 0 fully saturated rings. The van der Waals surface area contributed by atoms with E-state index in [1.807, 2.05) is 0 Å². The van der Waals surface area contributed by atoms with Crippen LogP contribution in [0.2, 0.25) is 0 Å². The third-order valence-corrected chi connectivity index (χ3v) is 1.64. The first-order valence-corrected chi connectivity index (χ1v) is 3.52. The highest BCUT2D eigenvalue weighted by Gasteiger charge is 1.94. The Balaban J connectivity index is 2.80. The normalized spacial score (nSPS) is 10.4. The van der Waals surface area contributed by atoms with Crippen LogP contribution < -0.4 is 0 Å². The van der Waals surface area contributed by atoms with Gasteiger partial charge < -0.3 is 5.73 Å². The Kier molecular flexibility index (Phi) is 1.43. The summed E-state index contributed by atoms with van der Waals surface area (Å²) in [5.41, 5.74) is 8.28. The summed E-state index contributed by atoms with van der Waals surface area (Å²) >= 11 is 0. The summed E-state index contributed by atoms with van der Waals surface area (Å²) in [6.45, 7) is 0. The first kappa shape index (κ1) is 7.03. The van der Waals surface area contributed by atoms with E-state index in [1.165, 1.54) is 18.3 Å². The van der Waals surface area contributed by atoms with Crippen LogP contribution in [0.15, 0.2) is 30.5 Å². The number of halogens is 1. The molecule has 60 valence electrons. The second kappa shape index (κ2) is 2.44. The second-order valence-corrected chi connectivity index (χ2v) is 2.56. The van der Waals surface area contributed by atoms with Crippen LogP contribution in [0.1, 0.15) is 0 Å². The summed E-state index contributed by atoms with van der Waals surface area (Å²) in [5, 5.41) is 0.669. The van der Waals surface area contributed by atoms with Crippen molar-refractivity contribution in [2.75, 3.05) is 0 Å². The topological polar surface area (TPSA) is 36.7 Å². The minimum Gasteiger partial charge on any atom is -0.697 e. The molecular formula is C9H6FN2-. The molecule has 3 heteroatoms. The molecule has 2 aromatic rings. The number of aromatic nitrogens is 1. The summed E-state index contributed by atoms with van der Waals surface area (Å²) in [5.74, 6) is -0.296. The summed E-state index contributed by atoms with van der Waals surface area (Å²) in [6, 6.07) is 5.93. The Labute approximate surface area is 68.8 Å². The van der Waals surface area contributed by atoms with Gasteiger partial charge in [-0.05, 0) is 18.2 Å². The van der Waals surface area contributed by atoms with Gasteiger partial charge in [-0.3, -0.25) is 4.98 Å². The summed E-state index contributed by atoms with van der Waals surface area (Å²) in [7, 11) is 0. The zero-order valence-corrected chi connectivity index (χ0v) is 6.21. The second-order valence-electron chi connectivity index (χ2n) is 2.56. The van der Waals surface area contributed by atoms with Crippen molar-refractivity contribution in [3.8, 4) is 0 Å². The van der Waals surface area contributed by atoms with Gasteiger partial charge in [-0.25, -0.2) is 4.39 Å². The SMILES string of the molecule is [NH-]c1cnc2ccc(F)cc2c1. The Morgan fingerprint density at radius 2 is 2.08 bits per heavy atom. The minimum atomic E-state index is -0.296. The van der Waals surface area contributed by atoms with Gasteiger partial charge in [0.25, 0.3) is 0 Å². The Morgan fingerprint density at radius 1 is 1.25 bits per heavy atom. The van der Waals surface area contributed by atoms with E-state index in [4.69, 9.17) is 5.73 Å². The lowest BCUT2D eigenvalue weighted by Crippen LogP contribution is -1.78. The molecule has 0 saturated carbocycles. The molecule has 1 heterocycles. The maximum absolute atomic E-state index is 12.7. The van der Waals surface area contributed by atoms with E-state index in [0.29, 0.717) is 16.6 Å². The van der Waals surface area contributed by atoms with Crippen molar-refractivity contribution in [1.29, 1.82) is 0 Å². The number of nitrogens with one attached hydrogen (secondary N) is 1. The largest absolute Gasteiger partial charge is 0.697 e. The molecule has 0 spiro atoms. The third kappa shape index (κ3) is 1.09. The molecule has 0 bridgehead atoms. The van der Waals surface area contributed by atoms with Crippen LogP contribution in [-0.2, 0) is 0 Å². The quantitative estimate of drug-likeness (QED) is 0.585. The number of fused-ring (bicyclic) bond motifs is 1. The molecule has 1 aromatic carbocycles. The van der Waals surface area contributed by atoms with Crippen LogP contribution in [0.3, 0.4) is 0 Å². The highest BCUT2D eigenvalue weighted by atomic mass is 19.1. The lowest BCUT2D eigenvalue weighted by Gasteiger charge is -2.03. The number of pyridine rings is 1. The number of hydrogen-bond acceptors (Lipinski definition) is 1. The van der Waals surface area contributed by atoms with E-state index < -0.39 is 0 Å². The molecule has 0 atom stereocenters. The van der Waals surface area contributed by atoms with E-state index >= 15 is 0 Å². The van der Waals surface area contributed by atoms with Crippen molar-refractivity contribution in [3.63, 3.8) is 0 Å². The molecule has 2 nitrogen and oxygen atoms in total. The van der Waals surface area contributed by atoms with Gasteiger partial charge in [0, 0.05) is 11.6 Å². The lowest BCUT2D eigenvalue weighted by atomic mass is 10.2. The molecule has 0 unspecified atom stereocenters. The van der Waals surface area contributed by atoms with Gasteiger partial charge in [0.15, 0.2) is 0 Å². The number of rotatable bonds is 0. The van der Waals surface area contributed by atoms with E-state index in [-0.39, 0.29) is 5.82 Å². The summed E-state index contributed by atoms with van der Waals surface area (Å²) in [4.78, 5) is 3.97. The van der Waals surface area contributed by atoms with Gasteiger partial charge in [0.05, 0.1) is 5.52 Å². The molecule has 0 aliphatic heterocycles. The highest BCUT2D eigenvalue weighted by molar-refractivity contribution is 5.81. The number of benzene rings is 1. The molecule has 0 amide bonds. The monoisotopic (exact) mass is 161 g/mol.